The van der Waals surface area contributed by atoms with Crippen LogP contribution in [-0.4, -0.2) is 52.7 Å². The fourth-order valence-corrected chi connectivity index (χ4v) is 3.87. The molecule has 3 heterocycles. The second kappa shape index (κ2) is 7.60. The first-order valence-electron chi connectivity index (χ1n) is 9.23. The van der Waals surface area contributed by atoms with Gasteiger partial charge in [-0.05, 0) is 43.4 Å². The number of amides is 1. The first-order valence-corrected chi connectivity index (χ1v) is 9.23. The van der Waals surface area contributed by atoms with Crippen molar-refractivity contribution in [3.8, 4) is 6.01 Å². The van der Waals surface area contributed by atoms with E-state index < -0.39 is 5.82 Å². The second-order valence-corrected chi connectivity index (χ2v) is 7.20. The summed E-state index contributed by atoms with van der Waals surface area (Å²) in [5.41, 5.74) is -0.177. The lowest BCUT2D eigenvalue weighted by molar-refractivity contribution is -0.166. The molecule has 2 aliphatic rings. The van der Waals surface area contributed by atoms with Crippen molar-refractivity contribution in [3.63, 3.8) is 0 Å². The van der Waals surface area contributed by atoms with Crippen LogP contribution in [0.2, 0.25) is 0 Å². The molecule has 0 bridgehead atoms. The summed E-state index contributed by atoms with van der Waals surface area (Å²) in [5.74, 6) is -0.284. The maximum absolute atomic E-state index is 13.8. The minimum atomic E-state index is -0.480. The average molecular weight is 371 g/mol. The first-order chi connectivity index (χ1) is 13.2. The Morgan fingerprint density at radius 1 is 1.26 bits per heavy atom. The van der Waals surface area contributed by atoms with Crippen molar-refractivity contribution >= 4 is 5.91 Å². The fourth-order valence-electron chi connectivity index (χ4n) is 3.87. The lowest BCUT2D eigenvalue weighted by Crippen LogP contribution is -2.66. The summed E-state index contributed by atoms with van der Waals surface area (Å²) in [4.78, 5) is 22.2. The van der Waals surface area contributed by atoms with Crippen molar-refractivity contribution in [3.05, 3.63) is 54.1 Å². The van der Waals surface area contributed by atoms with Gasteiger partial charge in [0, 0.05) is 19.0 Å². The smallest absolute Gasteiger partial charge is 0.316 e. The number of aromatic nitrogens is 2. The normalized spacial score (nSPS) is 20.9. The molecule has 0 aliphatic carbocycles. The van der Waals surface area contributed by atoms with E-state index in [1.54, 1.807) is 35.5 Å². The molecule has 4 rings (SSSR count). The molecule has 142 valence electrons. The van der Waals surface area contributed by atoms with E-state index in [0.29, 0.717) is 38.2 Å². The van der Waals surface area contributed by atoms with Gasteiger partial charge in [-0.3, -0.25) is 4.79 Å². The molecule has 2 saturated heterocycles. The van der Waals surface area contributed by atoms with E-state index in [9.17, 15) is 9.18 Å². The van der Waals surface area contributed by atoms with Crippen molar-refractivity contribution in [2.75, 3.05) is 26.3 Å². The Morgan fingerprint density at radius 2 is 2.04 bits per heavy atom. The maximum atomic E-state index is 13.8. The van der Waals surface area contributed by atoms with Crippen molar-refractivity contribution in [2.45, 2.75) is 24.9 Å². The van der Waals surface area contributed by atoms with Gasteiger partial charge in [-0.1, -0.05) is 12.1 Å². The summed E-state index contributed by atoms with van der Waals surface area (Å²) in [6.45, 7) is 2.26. The minimum absolute atomic E-state index is 0.121. The minimum Gasteiger partial charge on any atom is -0.463 e. The van der Waals surface area contributed by atoms with Gasteiger partial charge in [-0.25, -0.2) is 14.4 Å². The number of likely N-dealkylation sites (tertiary alicyclic amines) is 1. The van der Waals surface area contributed by atoms with E-state index in [1.807, 2.05) is 0 Å². The van der Waals surface area contributed by atoms with Gasteiger partial charge in [-0.15, -0.1) is 0 Å². The quantitative estimate of drug-likeness (QED) is 0.809. The van der Waals surface area contributed by atoms with Gasteiger partial charge in [0.1, 0.15) is 11.4 Å². The molecule has 7 heteroatoms. The van der Waals surface area contributed by atoms with Gasteiger partial charge in [0.15, 0.2) is 0 Å². The molecule has 1 aromatic carbocycles. The molecule has 1 unspecified atom stereocenters. The highest BCUT2D eigenvalue weighted by Crippen LogP contribution is 2.38. The maximum Gasteiger partial charge on any atom is 0.316 e. The van der Waals surface area contributed by atoms with E-state index in [1.165, 1.54) is 12.1 Å². The molecular weight excluding hydrogens is 349 g/mol. The number of carbonyl (C=O) groups excluding carboxylic acids is 1. The van der Waals surface area contributed by atoms with Gasteiger partial charge in [0.2, 0.25) is 0 Å². The number of benzene rings is 1. The van der Waals surface area contributed by atoms with Crippen LogP contribution >= 0.6 is 0 Å². The van der Waals surface area contributed by atoms with Crippen LogP contribution in [0.25, 0.3) is 0 Å². The molecule has 2 aromatic rings. The van der Waals surface area contributed by atoms with Gasteiger partial charge in [0.05, 0.1) is 25.3 Å². The van der Waals surface area contributed by atoms with Crippen LogP contribution in [0.5, 0.6) is 6.01 Å². The van der Waals surface area contributed by atoms with Crippen molar-refractivity contribution in [2.24, 2.45) is 5.92 Å². The number of carbonyl (C=O) groups is 1. The van der Waals surface area contributed by atoms with E-state index >= 15 is 0 Å². The topological polar surface area (TPSA) is 64.6 Å². The number of nitrogens with zero attached hydrogens (tertiary/aromatic N) is 3. The number of hydrogen-bond donors (Lipinski definition) is 0. The van der Waals surface area contributed by atoms with Gasteiger partial charge < -0.3 is 14.4 Å². The zero-order valence-corrected chi connectivity index (χ0v) is 15.0. The van der Waals surface area contributed by atoms with Crippen molar-refractivity contribution < 1.29 is 18.7 Å². The molecule has 1 aromatic heterocycles. The van der Waals surface area contributed by atoms with E-state index in [-0.39, 0.29) is 17.1 Å². The first kappa shape index (κ1) is 17.9. The highest BCUT2D eigenvalue weighted by atomic mass is 19.1. The van der Waals surface area contributed by atoms with Gasteiger partial charge in [-0.2, -0.15) is 0 Å². The van der Waals surface area contributed by atoms with Crippen molar-refractivity contribution in [1.82, 2.24) is 14.9 Å². The highest BCUT2D eigenvalue weighted by Gasteiger charge is 2.49. The molecule has 1 amide bonds. The molecule has 2 aliphatic heterocycles. The molecule has 0 radical (unpaired) electrons. The van der Waals surface area contributed by atoms with Crippen LogP contribution in [0.1, 0.15) is 29.6 Å². The summed E-state index contributed by atoms with van der Waals surface area (Å²) >= 11 is 0. The predicted molar refractivity (Wildman–Crippen MR) is 95.9 cm³/mol. The van der Waals surface area contributed by atoms with Crippen LogP contribution in [0.15, 0.2) is 42.7 Å². The molecule has 27 heavy (non-hydrogen) atoms. The number of halogens is 1. The third kappa shape index (κ3) is 3.93. The van der Waals surface area contributed by atoms with Gasteiger partial charge >= 0.3 is 6.01 Å². The SMILES string of the molecule is O=C(c1ccccc1F)N1CC2(CC(CCOc3ncccn3)CCO2)C1. The molecule has 1 atom stereocenters. The largest absolute Gasteiger partial charge is 0.463 e. The number of hydrogen-bond acceptors (Lipinski definition) is 5. The number of ether oxygens (including phenoxy) is 2. The van der Waals surface area contributed by atoms with Crippen molar-refractivity contribution in [1.29, 1.82) is 0 Å². The summed E-state index contributed by atoms with van der Waals surface area (Å²) < 4.78 is 25.4. The van der Waals surface area contributed by atoms with Crippen LogP contribution in [0, 0.1) is 11.7 Å². The standard InChI is InChI=1S/C20H22FN3O3/c21-17-5-2-1-4-16(17)18(25)24-13-20(14-24)12-15(7-11-27-20)6-10-26-19-22-8-3-9-23-19/h1-5,8-9,15H,6-7,10-14H2. The lowest BCUT2D eigenvalue weighted by atomic mass is 9.79. The Kier molecular flexibility index (Phi) is 5.03. The van der Waals surface area contributed by atoms with Crippen LogP contribution in [0.4, 0.5) is 4.39 Å². The summed E-state index contributed by atoms with van der Waals surface area (Å²) in [6, 6.07) is 8.24. The molecule has 6 nitrogen and oxygen atoms in total. The lowest BCUT2D eigenvalue weighted by Gasteiger charge is -2.53. The monoisotopic (exact) mass is 371 g/mol. The Labute approximate surface area is 157 Å². The zero-order chi connectivity index (χ0) is 18.7. The Balaban J connectivity index is 1.28. The molecule has 0 N–H and O–H groups in total. The highest BCUT2D eigenvalue weighted by molar-refractivity contribution is 5.95. The van der Waals surface area contributed by atoms with Gasteiger partial charge in [0.25, 0.3) is 5.91 Å². The molecular formula is C20H22FN3O3. The zero-order valence-electron chi connectivity index (χ0n) is 15.0. The van der Waals surface area contributed by atoms with Crippen LogP contribution < -0.4 is 4.74 Å². The summed E-state index contributed by atoms with van der Waals surface area (Å²) in [5, 5.41) is 0. The summed E-state index contributed by atoms with van der Waals surface area (Å²) in [6.07, 6.45) is 6.06. The Morgan fingerprint density at radius 3 is 2.81 bits per heavy atom. The number of rotatable bonds is 5. The third-order valence-corrected chi connectivity index (χ3v) is 5.24. The fraction of sp³-hybridized carbons (Fsp3) is 0.450. The van der Waals surface area contributed by atoms with Crippen LogP contribution in [-0.2, 0) is 4.74 Å². The summed E-state index contributed by atoms with van der Waals surface area (Å²) in [7, 11) is 0. The second-order valence-electron chi connectivity index (χ2n) is 7.20. The van der Waals surface area contributed by atoms with E-state index in [4.69, 9.17) is 9.47 Å². The molecule has 2 fully saturated rings. The molecule has 1 spiro atoms. The van der Waals surface area contributed by atoms with E-state index in [0.717, 1.165) is 19.3 Å². The third-order valence-electron chi connectivity index (χ3n) is 5.24. The Bertz CT molecular complexity index is 796. The van der Waals surface area contributed by atoms with Crippen LogP contribution in [0.3, 0.4) is 0 Å². The van der Waals surface area contributed by atoms with E-state index in [2.05, 4.69) is 9.97 Å². The molecule has 0 saturated carbocycles. The average Bonchev–Trinajstić information content (AvgIpc) is 2.67. The Hall–Kier alpha value is -2.54. The predicted octanol–water partition coefficient (Wildman–Crippen LogP) is 2.71.